The Morgan fingerprint density at radius 3 is 1.98 bits per heavy atom. The van der Waals surface area contributed by atoms with Gasteiger partial charge in [0.15, 0.2) is 0 Å². The van der Waals surface area contributed by atoms with Gasteiger partial charge in [0.05, 0.1) is 33.5 Å². The maximum absolute atomic E-state index is 13.2. The van der Waals surface area contributed by atoms with Crippen molar-refractivity contribution >= 4 is 21.9 Å². The van der Waals surface area contributed by atoms with Gasteiger partial charge in [-0.3, -0.25) is 4.98 Å². The molecule has 0 aliphatic carbocycles. The van der Waals surface area contributed by atoms with Crippen LogP contribution in [-0.2, 0) is 12.6 Å². The molecule has 0 radical (unpaired) electrons. The van der Waals surface area contributed by atoms with Crippen LogP contribution in [0.5, 0.6) is 0 Å². The summed E-state index contributed by atoms with van der Waals surface area (Å²) >= 11 is 0. The second kappa shape index (κ2) is 11.8. The summed E-state index contributed by atoms with van der Waals surface area (Å²) in [5.74, 6) is 0. The Balaban J connectivity index is 0.00000141. The molecule has 40 heavy (non-hydrogen) atoms. The molecule has 4 aromatic rings. The topological polar surface area (TPSA) is 68.8 Å². The highest BCUT2D eigenvalue weighted by Gasteiger charge is 2.34. The summed E-state index contributed by atoms with van der Waals surface area (Å²) in [6.07, 6.45) is -9.78. The Hall–Kier alpha value is -3.15. The average molecular weight is 572 g/mol. The highest BCUT2D eigenvalue weighted by Crippen LogP contribution is 2.40. The Morgan fingerprint density at radius 1 is 0.925 bits per heavy atom. The Kier molecular flexibility index (Phi) is 9.22. The van der Waals surface area contributed by atoms with Gasteiger partial charge < -0.3 is 9.67 Å². The zero-order valence-corrected chi connectivity index (χ0v) is 23.5. The minimum absolute atomic E-state index is 0.398. The SMILES string of the molecule is CCC.Cc1nnn(C)c1-c1cnc2c3ccc(C(C)(C)O)cc3n(C(CCC(F)(F)F)CCC(F)(F)F)c2c1. The quantitative estimate of drug-likeness (QED) is 0.227. The Bertz CT molecular complexity index is 1410. The maximum Gasteiger partial charge on any atom is 0.389 e. The predicted molar refractivity (Wildman–Crippen MR) is 143 cm³/mol. The molecule has 1 aromatic carbocycles. The van der Waals surface area contributed by atoms with Crippen LogP contribution in [0.25, 0.3) is 33.2 Å². The van der Waals surface area contributed by atoms with Crippen LogP contribution in [0.15, 0.2) is 30.5 Å². The van der Waals surface area contributed by atoms with Gasteiger partial charge in [0.2, 0.25) is 0 Å². The van der Waals surface area contributed by atoms with Gasteiger partial charge in [-0.25, -0.2) is 4.68 Å². The van der Waals surface area contributed by atoms with Crippen molar-refractivity contribution in [2.45, 2.75) is 90.7 Å². The molecule has 0 aliphatic heterocycles. The third kappa shape index (κ3) is 7.32. The van der Waals surface area contributed by atoms with Gasteiger partial charge in [0.1, 0.15) is 0 Å². The number of aryl methyl sites for hydroxylation is 2. The van der Waals surface area contributed by atoms with Crippen LogP contribution in [0.3, 0.4) is 0 Å². The number of hydrogen-bond acceptors (Lipinski definition) is 4. The van der Waals surface area contributed by atoms with Crippen molar-refractivity contribution in [3.8, 4) is 11.3 Å². The van der Waals surface area contributed by atoms with Crippen molar-refractivity contribution in [1.82, 2.24) is 24.5 Å². The minimum Gasteiger partial charge on any atom is -0.386 e. The van der Waals surface area contributed by atoms with E-state index in [9.17, 15) is 31.4 Å². The summed E-state index contributed by atoms with van der Waals surface area (Å²) in [6, 6.07) is 5.56. The third-order valence-corrected chi connectivity index (χ3v) is 6.50. The molecule has 0 atom stereocenters. The highest BCUT2D eigenvalue weighted by atomic mass is 19.4. The minimum atomic E-state index is -4.53. The van der Waals surface area contributed by atoms with Crippen molar-refractivity contribution in [2.75, 3.05) is 0 Å². The van der Waals surface area contributed by atoms with Crippen molar-refractivity contribution < 1.29 is 31.4 Å². The second-order valence-electron chi connectivity index (χ2n) is 10.6. The van der Waals surface area contributed by atoms with E-state index in [0.29, 0.717) is 44.5 Å². The van der Waals surface area contributed by atoms with E-state index in [0.717, 1.165) is 0 Å². The highest BCUT2D eigenvalue weighted by molar-refractivity contribution is 6.07. The molecule has 6 nitrogen and oxygen atoms in total. The van der Waals surface area contributed by atoms with Crippen molar-refractivity contribution in [3.05, 3.63) is 41.7 Å². The van der Waals surface area contributed by atoms with E-state index < -0.39 is 49.7 Å². The molecule has 0 saturated carbocycles. The maximum atomic E-state index is 13.2. The molecule has 3 heterocycles. The lowest BCUT2D eigenvalue weighted by molar-refractivity contribution is -0.142. The van der Waals surface area contributed by atoms with Crippen LogP contribution >= 0.6 is 0 Å². The largest absolute Gasteiger partial charge is 0.389 e. The number of pyridine rings is 1. The lowest BCUT2D eigenvalue weighted by Crippen LogP contribution is -2.18. The second-order valence-corrected chi connectivity index (χ2v) is 10.6. The molecule has 0 aliphatic rings. The van der Waals surface area contributed by atoms with Crippen LogP contribution in [0.1, 0.15) is 77.1 Å². The standard InChI is InChI=1S/C25H27F6N5O.C3H8/c1-14-22(35(4)34-33-14)15-11-20-21(32-13-15)18-6-5-16(23(2,3)37)12-19(18)36(20)17(7-9-24(26,27)28)8-10-25(29,30)31;1-3-2/h5-6,11-13,17,37H,7-10H2,1-4H3;3H2,1-2H3. The molecule has 1 N–H and O–H groups in total. The van der Waals surface area contributed by atoms with Crippen LogP contribution in [0, 0.1) is 6.92 Å². The van der Waals surface area contributed by atoms with Gasteiger partial charge in [-0.15, -0.1) is 5.10 Å². The number of halogens is 6. The molecule has 0 saturated heterocycles. The molecule has 12 heteroatoms. The Morgan fingerprint density at radius 2 is 1.50 bits per heavy atom. The predicted octanol–water partition coefficient (Wildman–Crippen LogP) is 8.16. The molecule has 0 spiro atoms. The van der Waals surface area contributed by atoms with Crippen molar-refractivity contribution in [3.63, 3.8) is 0 Å². The zero-order valence-electron chi connectivity index (χ0n) is 23.5. The number of benzene rings is 1. The fourth-order valence-corrected chi connectivity index (χ4v) is 4.73. The molecule has 220 valence electrons. The van der Waals surface area contributed by atoms with E-state index in [-0.39, 0.29) is 0 Å². The van der Waals surface area contributed by atoms with E-state index in [1.807, 2.05) is 0 Å². The van der Waals surface area contributed by atoms with Gasteiger partial charge in [-0.1, -0.05) is 37.6 Å². The van der Waals surface area contributed by atoms with Crippen LogP contribution in [-0.4, -0.2) is 42.0 Å². The van der Waals surface area contributed by atoms with E-state index in [1.165, 1.54) is 15.7 Å². The van der Waals surface area contributed by atoms with E-state index in [1.54, 1.807) is 58.3 Å². The smallest absolute Gasteiger partial charge is 0.386 e. The number of aliphatic hydroxyl groups is 1. The monoisotopic (exact) mass is 571 g/mol. The van der Waals surface area contributed by atoms with E-state index in [4.69, 9.17) is 0 Å². The molecular weight excluding hydrogens is 536 g/mol. The third-order valence-electron chi connectivity index (χ3n) is 6.50. The van der Waals surface area contributed by atoms with Gasteiger partial charge in [0, 0.05) is 43.1 Å². The average Bonchev–Trinajstić information content (AvgIpc) is 3.33. The normalized spacial score (nSPS) is 12.8. The number of fused-ring (bicyclic) bond motifs is 3. The molecule has 4 rings (SSSR count). The molecule has 0 unspecified atom stereocenters. The van der Waals surface area contributed by atoms with Crippen molar-refractivity contribution in [2.24, 2.45) is 7.05 Å². The first-order valence-electron chi connectivity index (χ1n) is 13.1. The molecule has 0 amide bonds. The first-order valence-corrected chi connectivity index (χ1v) is 13.1. The first-order chi connectivity index (χ1) is 18.5. The summed E-state index contributed by atoms with van der Waals surface area (Å²) in [5.41, 5.74) is 2.25. The van der Waals surface area contributed by atoms with E-state index >= 15 is 0 Å². The van der Waals surface area contributed by atoms with E-state index in [2.05, 4.69) is 29.1 Å². The molecule has 0 bridgehead atoms. The number of rotatable bonds is 7. The first kappa shape index (κ1) is 31.4. The van der Waals surface area contributed by atoms with Crippen molar-refractivity contribution in [1.29, 1.82) is 0 Å². The fourth-order valence-electron chi connectivity index (χ4n) is 4.73. The van der Waals surface area contributed by atoms with Crippen LogP contribution in [0.2, 0.25) is 0 Å². The lowest BCUT2D eigenvalue weighted by atomic mass is 9.97. The summed E-state index contributed by atoms with van der Waals surface area (Å²) < 4.78 is 82.4. The number of aromatic nitrogens is 5. The summed E-state index contributed by atoms with van der Waals surface area (Å²) in [4.78, 5) is 4.56. The van der Waals surface area contributed by atoms with Gasteiger partial charge in [-0.05, 0) is 51.3 Å². The Labute approximate surface area is 229 Å². The molecule has 3 aromatic heterocycles. The zero-order chi connectivity index (χ0) is 30.0. The lowest BCUT2D eigenvalue weighted by Gasteiger charge is -2.24. The summed E-state index contributed by atoms with van der Waals surface area (Å²) in [7, 11) is 1.68. The number of alkyl halides is 6. The fraction of sp³-hybridized carbons (Fsp3) is 0.536. The van der Waals surface area contributed by atoms with Gasteiger partial charge in [0.25, 0.3) is 0 Å². The summed E-state index contributed by atoms with van der Waals surface area (Å²) in [5, 5.41) is 19.1. The van der Waals surface area contributed by atoms with Gasteiger partial charge >= 0.3 is 12.4 Å². The van der Waals surface area contributed by atoms with Gasteiger partial charge in [-0.2, -0.15) is 26.3 Å². The van der Waals surface area contributed by atoms with Crippen LogP contribution in [0.4, 0.5) is 26.3 Å². The number of nitrogens with zero attached hydrogens (tertiary/aromatic N) is 5. The summed E-state index contributed by atoms with van der Waals surface area (Å²) in [6.45, 7) is 9.11. The molecule has 0 fully saturated rings. The van der Waals surface area contributed by atoms with Crippen LogP contribution < -0.4 is 0 Å². The number of hydrogen-bond donors (Lipinski definition) is 1. The molecular formula is C28H35F6N5O.